The zero-order chi connectivity index (χ0) is 17.3. The Labute approximate surface area is 141 Å². The van der Waals surface area contributed by atoms with Crippen molar-refractivity contribution in [3.8, 4) is 5.69 Å². The number of carbonyl (C=O) groups is 1. The third-order valence-corrected chi connectivity index (χ3v) is 4.66. The van der Waals surface area contributed by atoms with E-state index in [0.29, 0.717) is 36.4 Å². The number of amides is 1. The van der Waals surface area contributed by atoms with Gasteiger partial charge in [0, 0.05) is 31.9 Å². The standard InChI is InChI=1S/C18H23FN4O/c1-13(2)17-12-22(11-10-21(17)3)18(24)15-8-9-23(20-15)16-7-5-4-6-14(16)19/h4-9,13,17H,10-12H2,1-3H3. The zero-order valence-electron chi connectivity index (χ0n) is 14.3. The number of aromatic nitrogens is 2. The minimum Gasteiger partial charge on any atom is -0.334 e. The van der Waals surface area contributed by atoms with Gasteiger partial charge in [-0.3, -0.25) is 9.69 Å². The Bertz CT molecular complexity index is 727. The average molecular weight is 330 g/mol. The van der Waals surface area contributed by atoms with Crippen molar-refractivity contribution in [2.24, 2.45) is 5.92 Å². The Morgan fingerprint density at radius 3 is 2.71 bits per heavy atom. The topological polar surface area (TPSA) is 41.4 Å². The average Bonchev–Trinajstić information content (AvgIpc) is 3.04. The van der Waals surface area contributed by atoms with E-state index in [2.05, 4.69) is 30.9 Å². The molecule has 0 radical (unpaired) electrons. The fraction of sp³-hybridized carbons (Fsp3) is 0.444. The first-order valence-corrected chi connectivity index (χ1v) is 8.27. The maximum atomic E-state index is 13.9. The third-order valence-electron chi connectivity index (χ3n) is 4.66. The van der Waals surface area contributed by atoms with Gasteiger partial charge in [0.1, 0.15) is 11.5 Å². The van der Waals surface area contributed by atoms with Crippen LogP contribution in [0.15, 0.2) is 36.5 Å². The van der Waals surface area contributed by atoms with Crippen molar-refractivity contribution in [2.75, 3.05) is 26.7 Å². The predicted octanol–water partition coefficient (Wildman–Crippen LogP) is 2.42. The van der Waals surface area contributed by atoms with E-state index in [4.69, 9.17) is 0 Å². The second-order valence-electron chi connectivity index (χ2n) is 6.64. The van der Waals surface area contributed by atoms with Gasteiger partial charge in [-0.05, 0) is 31.2 Å². The van der Waals surface area contributed by atoms with E-state index in [1.807, 2.05) is 4.90 Å². The summed E-state index contributed by atoms with van der Waals surface area (Å²) in [5, 5.41) is 4.28. The highest BCUT2D eigenvalue weighted by Crippen LogP contribution is 2.18. The second kappa shape index (κ2) is 6.73. The van der Waals surface area contributed by atoms with Crippen LogP contribution in [0.1, 0.15) is 24.3 Å². The smallest absolute Gasteiger partial charge is 0.274 e. The van der Waals surface area contributed by atoms with Crippen molar-refractivity contribution in [1.29, 1.82) is 0 Å². The normalized spacial score (nSPS) is 19.0. The van der Waals surface area contributed by atoms with Gasteiger partial charge in [-0.2, -0.15) is 5.10 Å². The van der Waals surface area contributed by atoms with Crippen molar-refractivity contribution in [3.05, 3.63) is 48.0 Å². The molecule has 6 heteroatoms. The molecular weight excluding hydrogens is 307 g/mol. The first-order valence-electron chi connectivity index (χ1n) is 8.27. The van der Waals surface area contributed by atoms with Crippen LogP contribution < -0.4 is 0 Å². The Morgan fingerprint density at radius 1 is 1.25 bits per heavy atom. The molecule has 0 aliphatic carbocycles. The van der Waals surface area contributed by atoms with E-state index in [0.717, 1.165) is 6.54 Å². The van der Waals surface area contributed by atoms with Crippen molar-refractivity contribution in [3.63, 3.8) is 0 Å². The van der Waals surface area contributed by atoms with Gasteiger partial charge in [0.05, 0.1) is 0 Å². The molecule has 1 aliphatic heterocycles. The van der Waals surface area contributed by atoms with E-state index < -0.39 is 0 Å². The first kappa shape index (κ1) is 16.6. The van der Waals surface area contributed by atoms with Gasteiger partial charge in [0.2, 0.25) is 0 Å². The van der Waals surface area contributed by atoms with Crippen LogP contribution in [0, 0.1) is 11.7 Å². The Kier molecular flexibility index (Phi) is 4.66. The maximum absolute atomic E-state index is 13.9. The molecule has 1 atom stereocenters. The number of benzene rings is 1. The maximum Gasteiger partial charge on any atom is 0.274 e. The lowest BCUT2D eigenvalue weighted by molar-refractivity contribution is 0.0459. The number of hydrogen-bond donors (Lipinski definition) is 0. The highest BCUT2D eigenvalue weighted by molar-refractivity contribution is 5.92. The molecule has 1 unspecified atom stereocenters. The quantitative estimate of drug-likeness (QED) is 0.868. The van der Waals surface area contributed by atoms with E-state index in [1.54, 1.807) is 30.5 Å². The molecule has 0 saturated carbocycles. The molecule has 0 spiro atoms. The fourth-order valence-corrected chi connectivity index (χ4v) is 3.18. The number of piperazine rings is 1. The molecule has 5 nitrogen and oxygen atoms in total. The lowest BCUT2D eigenvalue weighted by atomic mass is 10.00. The van der Waals surface area contributed by atoms with Crippen molar-refractivity contribution in [1.82, 2.24) is 19.6 Å². The first-order chi connectivity index (χ1) is 11.5. The van der Waals surface area contributed by atoms with Crippen LogP contribution in [0.3, 0.4) is 0 Å². The third kappa shape index (κ3) is 3.19. The summed E-state index contributed by atoms with van der Waals surface area (Å²) < 4.78 is 15.3. The van der Waals surface area contributed by atoms with E-state index in [9.17, 15) is 9.18 Å². The van der Waals surface area contributed by atoms with E-state index >= 15 is 0 Å². The summed E-state index contributed by atoms with van der Waals surface area (Å²) in [6.07, 6.45) is 1.63. The van der Waals surface area contributed by atoms with Crippen LogP contribution in [0.25, 0.3) is 5.69 Å². The number of halogens is 1. The number of hydrogen-bond acceptors (Lipinski definition) is 3. The molecule has 1 aromatic heterocycles. The number of nitrogens with zero attached hydrogens (tertiary/aromatic N) is 4. The van der Waals surface area contributed by atoms with Gasteiger partial charge < -0.3 is 4.90 Å². The molecule has 1 saturated heterocycles. The summed E-state index contributed by atoms with van der Waals surface area (Å²) >= 11 is 0. The zero-order valence-corrected chi connectivity index (χ0v) is 14.3. The molecule has 1 aliphatic rings. The van der Waals surface area contributed by atoms with E-state index in [-0.39, 0.29) is 11.7 Å². The Balaban J connectivity index is 1.78. The molecule has 0 bridgehead atoms. The Hall–Kier alpha value is -2.21. The number of para-hydroxylation sites is 1. The van der Waals surface area contributed by atoms with Crippen LogP contribution in [-0.4, -0.2) is 58.2 Å². The van der Waals surface area contributed by atoms with Crippen LogP contribution in [0.4, 0.5) is 4.39 Å². The van der Waals surface area contributed by atoms with Gasteiger partial charge in [-0.25, -0.2) is 9.07 Å². The van der Waals surface area contributed by atoms with E-state index in [1.165, 1.54) is 10.7 Å². The number of carbonyl (C=O) groups excluding carboxylic acids is 1. The minimum absolute atomic E-state index is 0.0937. The summed E-state index contributed by atoms with van der Waals surface area (Å²) in [6, 6.07) is 8.39. The fourth-order valence-electron chi connectivity index (χ4n) is 3.18. The van der Waals surface area contributed by atoms with Crippen LogP contribution >= 0.6 is 0 Å². The molecule has 0 N–H and O–H groups in total. The predicted molar refractivity (Wildman–Crippen MR) is 90.7 cm³/mol. The monoisotopic (exact) mass is 330 g/mol. The molecule has 1 amide bonds. The molecule has 2 heterocycles. The summed E-state index contributed by atoms with van der Waals surface area (Å²) in [7, 11) is 2.10. The Morgan fingerprint density at radius 2 is 2.00 bits per heavy atom. The van der Waals surface area contributed by atoms with Gasteiger partial charge in [-0.15, -0.1) is 0 Å². The molecule has 24 heavy (non-hydrogen) atoms. The van der Waals surface area contributed by atoms with Gasteiger partial charge in [0.15, 0.2) is 5.69 Å². The largest absolute Gasteiger partial charge is 0.334 e. The number of rotatable bonds is 3. The minimum atomic E-state index is -0.362. The summed E-state index contributed by atoms with van der Waals surface area (Å²) in [5.74, 6) is 0.0180. The lowest BCUT2D eigenvalue weighted by Crippen LogP contribution is -2.55. The molecule has 1 aromatic carbocycles. The van der Waals surface area contributed by atoms with Gasteiger partial charge in [0.25, 0.3) is 5.91 Å². The molecule has 1 fully saturated rings. The molecule has 128 valence electrons. The summed E-state index contributed by atoms with van der Waals surface area (Å²) in [4.78, 5) is 16.9. The lowest BCUT2D eigenvalue weighted by Gasteiger charge is -2.41. The van der Waals surface area contributed by atoms with Gasteiger partial charge in [-0.1, -0.05) is 26.0 Å². The highest BCUT2D eigenvalue weighted by atomic mass is 19.1. The highest BCUT2D eigenvalue weighted by Gasteiger charge is 2.30. The van der Waals surface area contributed by atoms with Gasteiger partial charge >= 0.3 is 0 Å². The molecular formula is C18H23FN4O. The summed E-state index contributed by atoms with van der Waals surface area (Å²) in [6.45, 7) is 6.57. The molecule has 2 aromatic rings. The van der Waals surface area contributed by atoms with Crippen molar-refractivity contribution >= 4 is 5.91 Å². The second-order valence-corrected chi connectivity index (χ2v) is 6.64. The van der Waals surface area contributed by atoms with Crippen LogP contribution in [-0.2, 0) is 0 Å². The summed E-state index contributed by atoms with van der Waals surface area (Å²) in [5.41, 5.74) is 0.695. The van der Waals surface area contributed by atoms with Crippen LogP contribution in [0.2, 0.25) is 0 Å². The SMILES string of the molecule is CC(C)C1CN(C(=O)c2ccn(-c3ccccc3F)n2)CCN1C. The van der Waals surface area contributed by atoms with Crippen LogP contribution in [0.5, 0.6) is 0 Å². The van der Waals surface area contributed by atoms with Crippen molar-refractivity contribution < 1.29 is 9.18 Å². The number of likely N-dealkylation sites (N-methyl/N-ethyl adjacent to an activating group) is 1. The molecule has 3 rings (SSSR count). The van der Waals surface area contributed by atoms with Crippen molar-refractivity contribution in [2.45, 2.75) is 19.9 Å².